The molecule has 1 unspecified atom stereocenters. The Kier molecular flexibility index (Phi) is 7.62. The van der Waals surface area contributed by atoms with Crippen molar-refractivity contribution in [1.29, 1.82) is 0 Å². The molecular weight excluding hydrogens is 390 g/mol. The molecular formula is C22H26F2N4O2. The lowest BCUT2D eigenvalue weighted by molar-refractivity contribution is -0.0498. The van der Waals surface area contributed by atoms with E-state index in [2.05, 4.69) is 37.5 Å². The van der Waals surface area contributed by atoms with Gasteiger partial charge in [0.15, 0.2) is 5.96 Å². The summed E-state index contributed by atoms with van der Waals surface area (Å²) in [6, 6.07) is 16.2. The zero-order chi connectivity index (χ0) is 21.3. The van der Waals surface area contributed by atoms with Crippen molar-refractivity contribution in [3.63, 3.8) is 0 Å². The third-order valence-corrected chi connectivity index (χ3v) is 4.53. The van der Waals surface area contributed by atoms with Gasteiger partial charge in [0.1, 0.15) is 5.75 Å². The molecule has 0 aliphatic heterocycles. The van der Waals surface area contributed by atoms with Crippen LogP contribution in [0.2, 0.25) is 0 Å². The van der Waals surface area contributed by atoms with Gasteiger partial charge in [-0.2, -0.15) is 8.78 Å². The van der Waals surface area contributed by atoms with Gasteiger partial charge in [0.25, 0.3) is 0 Å². The number of nitrogens with one attached hydrogen (secondary N) is 3. The van der Waals surface area contributed by atoms with Gasteiger partial charge in [-0.1, -0.05) is 30.3 Å². The van der Waals surface area contributed by atoms with Crippen LogP contribution in [0, 0.1) is 0 Å². The predicted molar refractivity (Wildman–Crippen MR) is 114 cm³/mol. The second kappa shape index (κ2) is 10.6. The number of aliphatic imine (C=N–C) groups is 1. The normalized spacial score (nSPS) is 12.9. The summed E-state index contributed by atoms with van der Waals surface area (Å²) in [7, 11) is 0. The maximum absolute atomic E-state index is 12.2. The molecule has 8 heteroatoms. The van der Waals surface area contributed by atoms with Crippen LogP contribution < -0.4 is 15.4 Å². The number of halogens is 2. The van der Waals surface area contributed by atoms with Crippen LogP contribution in [0.4, 0.5) is 8.78 Å². The van der Waals surface area contributed by atoms with Gasteiger partial charge in [0.05, 0.1) is 12.6 Å². The van der Waals surface area contributed by atoms with Gasteiger partial charge in [-0.15, -0.1) is 0 Å². The molecule has 1 atom stereocenters. The maximum Gasteiger partial charge on any atom is 0.387 e. The number of aromatic amines is 1. The zero-order valence-electron chi connectivity index (χ0n) is 16.7. The number of aliphatic hydroxyl groups is 1. The average molecular weight is 416 g/mol. The Labute approximate surface area is 174 Å². The smallest absolute Gasteiger partial charge is 0.387 e. The van der Waals surface area contributed by atoms with Crippen LogP contribution in [0.15, 0.2) is 59.6 Å². The molecule has 0 spiro atoms. The van der Waals surface area contributed by atoms with Crippen molar-refractivity contribution >= 4 is 16.9 Å². The van der Waals surface area contributed by atoms with Crippen molar-refractivity contribution in [3.05, 3.63) is 65.9 Å². The van der Waals surface area contributed by atoms with Gasteiger partial charge in [0, 0.05) is 30.7 Å². The van der Waals surface area contributed by atoms with Gasteiger partial charge < -0.3 is 25.5 Å². The largest absolute Gasteiger partial charge is 0.435 e. The Morgan fingerprint density at radius 2 is 1.90 bits per heavy atom. The van der Waals surface area contributed by atoms with Crippen LogP contribution >= 0.6 is 0 Å². The van der Waals surface area contributed by atoms with Gasteiger partial charge in [-0.3, -0.25) is 4.99 Å². The van der Waals surface area contributed by atoms with Crippen LogP contribution in [0.3, 0.4) is 0 Å². The molecule has 0 bridgehead atoms. The Hall–Kier alpha value is -3.13. The van der Waals surface area contributed by atoms with E-state index in [0.717, 1.165) is 17.6 Å². The molecule has 0 saturated carbocycles. The molecule has 0 aliphatic rings. The highest BCUT2D eigenvalue weighted by molar-refractivity contribution is 5.81. The van der Waals surface area contributed by atoms with E-state index in [-0.39, 0.29) is 12.3 Å². The fourth-order valence-corrected chi connectivity index (χ4v) is 3.08. The van der Waals surface area contributed by atoms with E-state index in [4.69, 9.17) is 0 Å². The topological polar surface area (TPSA) is 81.7 Å². The first-order chi connectivity index (χ1) is 14.5. The lowest BCUT2D eigenvalue weighted by Crippen LogP contribution is -2.38. The minimum atomic E-state index is -2.87. The van der Waals surface area contributed by atoms with E-state index in [1.54, 1.807) is 12.1 Å². The maximum atomic E-state index is 12.2. The summed E-state index contributed by atoms with van der Waals surface area (Å²) in [5.41, 5.74) is 2.82. The molecule has 0 saturated heterocycles. The summed E-state index contributed by atoms with van der Waals surface area (Å²) in [6.07, 6.45) is -0.0532. The van der Waals surface area contributed by atoms with Gasteiger partial charge in [0.2, 0.25) is 0 Å². The number of fused-ring (bicyclic) bond motifs is 1. The van der Waals surface area contributed by atoms with E-state index in [0.29, 0.717) is 24.6 Å². The molecule has 0 amide bonds. The van der Waals surface area contributed by atoms with Crippen molar-refractivity contribution in [3.8, 4) is 5.75 Å². The molecule has 0 fully saturated rings. The number of H-pyrrole nitrogens is 1. The first-order valence-corrected chi connectivity index (χ1v) is 9.87. The fourth-order valence-electron chi connectivity index (χ4n) is 3.08. The number of nitrogens with zero attached hydrogens (tertiary/aromatic N) is 1. The van der Waals surface area contributed by atoms with E-state index in [9.17, 15) is 13.9 Å². The third kappa shape index (κ3) is 6.18. The molecule has 3 aromatic rings. The van der Waals surface area contributed by atoms with Crippen LogP contribution in [-0.4, -0.2) is 42.3 Å². The van der Waals surface area contributed by atoms with Gasteiger partial charge >= 0.3 is 6.61 Å². The quantitative estimate of drug-likeness (QED) is 0.317. The Bertz CT molecular complexity index is 924. The summed E-state index contributed by atoms with van der Waals surface area (Å²) in [5.74, 6) is 0.654. The number of aromatic nitrogens is 1. The summed E-state index contributed by atoms with van der Waals surface area (Å²) in [6.45, 7) is 0.593. The molecule has 30 heavy (non-hydrogen) atoms. The number of alkyl halides is 2. The number of guanidine groups is 1. The first kappa shape index (κ1) is 21.6. The summed E-state index contributed by atoms with van der Waals surface area (Å²) in [5, 5.41) is 17.9. The highest BCUT2D eigenvalue weighted by Gasteiger charge is 2.10. The number of rotatable bonds is 9. The van der Waals surface area contributed by atoms with E-state index in [1.165, 1.54) is 17.5 Å². The monoisotopic (exact) mass is 416 g/mol. The second-order valence-corrected chi connectivity index (χ2v) is 6.74. The lowest BCUT2D eigenvalue weighted by Gasteiger charge is -2.13. The number of hydrogen-bond donors (Lipinski definition) is 4. The molecule has 6 nitrogen and oxygen atoms in total. The molecule has 0 aliphatic carbocycles. The third-order valence-electron chi connectivity index (χ3n) is 4.53. The van der Waals surface area contributed by atoms with Crippen molar-refractivity contribution in [1.82, 2.24) is 15.6 Å². The van der Waals surface area contributed by atoms with Crippen molar-refractivity contribution in [2.75, 3.05) is 19.6 Å². The van der Waals surface area contributed by atoms with E-state index >= 15 is 0 Å². The second-order valence-electron chi connectivity index (χ2n) is 6.74. The van der Waals surface area contributed by atoms with Crippen molar-refractivity contribution in [2.24, 2.45) is 4.99 Å². The van der Waals surface area contributed by atoms with Crippen LogP contribution in [0.25, 0.3) is 10.9 Å². The Morgan fingerprint density at radius 1 is 1.13 bits per heavy atom. The lowest BCUT2D eigenvalue weighted by atomic mass is 10.1. The van der Waals surface area contributed by atoms with Crippen molar-refractivity contribution in [2.45, 2.75) is 26.1 Å². The van der Waals surface area contributed by atoms with Gasteiger partial charge in [-0.05, 0) is 42.1 Å². The minimum absolute atomic E-state index is 0.0523. The molecule has 1 aromatic heterocycles. The Balaban J connectivity index is 1.52. The number of aliphatic hydroxyl groups excluding tert-OH is 1. The van der Waals surface area contributed by atoms with Crippen molar-refractivity contribution < 1.29 is 18.6 Å². The van der Waals surface area contributed by atoms with Crippen LogP contribution in [-0.2, 0) is 6.42 Å². The summed E-state index contributed by atoms with van der Waals surface area (Å²) < 4.78 is 28.8. The SMILES string of the molecule is CCNC(=NCC(O)c1ccc(OC(F)F)cc1)NCCc1cc2ccccc2[nH]1. The average Bonchev–Trinajstić information content (AvgIpc) is 3.14. The van der Waals surface area contributed by atoms with E-state index in [1.807, 2.05) is 25.1 Å². The van der Waals surface area contributed by atoms with E-state index < -0.39 is 12.7 Å². The van der Waals surface area contributed by atoms with Gasteiger partial charge in [-0.25, -0.2) is 0 Å². The highest BCUT2D eigenvalue weighted by Crippen LogP contribution is 2.19. The number of ether oxygens (including phenoxy) is 1. The number of benzene rings is 2. The standard InChI is InChI=1S/C22H26F2N4O2/c1-2-25-22(26-12-11-17-13-16-5-3-4-6-19(16)28-17)27-14-20(29)15-7-9-18(10-8-15)30-21(23)24/h3-10,13,20-21,28-29H,2,11-12,14H2,1H3,(H2,25,26,27). The number of hydrogen-bond acceptors (Lipinski definition) is 3. The predicted octanol–water partition coefficient (Wildman–Crippen LogP) is 3.60. The molecule has 4 N–H and O–H groups in total. The minimum Gasteiger partial charge on any atom is -0.435 e. The zero-order valence-corrected chi connectivity index (χ0v) is 16.7. The summed E-state index contributed by atoms with van der Waals surface area (Å²) in [4.78, 5) is 7.81. The molecule has 3 rings (SSSR count). The first-order valence-electron chi connectivity index (χ1n) is 9.87. The highest BCUT2D eigenvalue weighted by atomic mass is 19.3. The summed E-state index contributed by atoms with van der Waals surface area (Å²) >= 11 is 0. The fraction of sp³-hybridized carbons (Fsp3) is 0.318. The molecule has 160 valence electrons. The van der Waals surface area contributed by atoms with Crippen LogP contribution in [0.1, 0.15) is 24.3 Å². The molecule has 2 aromatic carbocycles. The Morgan fingerprint density at radius 3 is 2.60 bits per heavy atom. The molecule has 0 radical (unpaired) electrons. The number of para-hydroxylation sites is 1. The van der Waals surface area contributed by atoms with Crippen LogP contribution in [0.5, 0.6) is 5.75 Å². The molecule has 1 heterocycles.